The van der Waals surface area contributed by atoms with Crippen LogP contribution in [0.15, 0.2) is 48.5 Å². The first kappa shape index (κ1) is 17.4. The quantitative estimate of drug-likeness (QED) is 0.798. The summed E-state index contributed by atoms with van der Waals surface area (Å²) in [5.74, 6) is -0.0680. The Morgan fingerprint density at radius 3 is 2.64 bits per heavy atom. The molecule has 0 fully saturated rings. The van der Waals surface area contributed by atoms with Gasteiger partial charge in [0.05, 0.1) is 0 Å². The largest absolute Gasteiger partial charge is 0.354 e. The van der Waals surface area contributed by atoms with E-state index in [1.165, 1.54) is 11.1 Å². The molecule has 1 amide bonds. The second-order valence-electron chi connectivity index (χ2n) is 6.55. The van der Waals surface area contributed by atoms with Crippen LogP contribution in [0.5, 0.6) is 0 Å². The van der Waals surface area contributed by atoms with Gasteiger partial charge in [0.1, 0.15) is 0 Å². The summed E-state index contributed by atoms with van der Waals surface area (Å²) in [5.41, 5.74) is 4.38. The molecule has 0 saturated carbocycles. The monoisotopic (exact) mass is 336 g/mol. The van der Waals surface area contributed by atoms with Crippen LogP contribution in [0, 0.1) is 6.92 Å². The van der Waals surface area contributed by atoms with E-state index in [0.717, 1.165) is 18.5 Å². The molecule has 0 radical (unpaired) electrons. The highest BCUT2D eigenvalue weighted by Gasteiger charge is 2.19. The smallest absolute Gasteiger partial charge is 0.220 e. The van der Waals surface area contributed by atoms with E-state index in [4.69, 9.17) is 0 Å². The number of amides is 1. The topological polar surface area (TPSA) is 58.2 Å². The molecule has 2 aromatic carbocycles. The minimum atomic E-state index is -0.0784. The van der Waals surface area contributed by atoms with Gasteiger partial charge in [-0.15, -0.1) is 0 Å². The van der Waals surface area contributed by atoms with E-state index >= 15 is 0 Å². The normalized spacial score (nSPS) is 16.1. The lowest BCUT2D eigenvalue weighted by Crippen LogP contribution is -2.38. The minimum absolute atomic E-state index is 0.0105. The van der Waals surface area contributed by atoms with Crippen LogP contribution < -0.4 is 10.6 Å². The summed E-state index contributed by atoms with van der Waals surface area (Å²) in [6, 6.07) is 15.9. The molecule has 25 heavy (non-hydrogen) atoms. The average molecular weight is 336 g/mol. The summed E-state index contributed by atoms with van der Waals surface area (Å²) in [4.78, 5) is 24.2. The molecule has 1 heterocycles. The lowest BCUT2D eigenvalue weighted by Gasteiger charge is -2.27. The van der Waals surface area contributed by atoms with Crippen LogP contribution in [0.4, 0.5) is 0 Å². The zero-order valence-electron chi connectivity index (χ0n) is 14.5. The number of rotatable bonds is 6. The van der Waals surface area contributed by atoms with Crippen molar-refractivity contribution >= 4 is 11.7 Å². The van der Waals surface area contributed by atoms with Crippen molar-refractivity contribution in [3.05, 3.63) is 70.8 Å². The number of hydrogen-bond acceptors (Lipinski definition) is 3. The Morgan fingerprint density at radius 1 is 1.08 bits per heavy atom. The Kier molecular flexibility index (Phi) is 5.61. The number of carbonyl (C=O) groups excluding carboxylic acids is 2. The zero-order chi connectivity index (χ0) is 17.6. The van der Waals surface area contributed by atoms with E-state index in [-0.39, 0.29) is 30.6 Å². The van der Waals surface area contributed by atoms with E-state index in [1.54, 1.807) is 0 Å². The Labute approximate surface area is 148 Å². The molecule has 1 atom stereocenters. The number of hydrogen-bond donors (Lipinski definition) is 2. The summed E-state index contributed by atoms with van der Waals surface area (Å²) in [5, 5.41) is 6.40. The SMILES string of the molecule is Cc1ccc(C(=O)CCC(=O)NCC2NCCc3ccccc32)cc1. The highest BCUT2D eigenvalue weighted by Crippen LogP contribution is 2.21. The van der Waals surface area contributed by atoms with E-state index < -0.39 is 0 Å². The van der Waals surface area contributed by atoms with Gasteiger partial charge in [0, 0.05) is 31.0 Å². The van der Waals surface area contributed by atoms with Gasteiger partial charge in [-0.1, -0.05) is 54.1 Å². The van der Waals surface area contributed by atoms with Gasteiger partial charge in [0.15, 0.2) is 5.78 Å². The zero-order valence-corrected chi connectivity index (χ0v) is 14.5. The van der Waals surface area contributed by atoms with Crippen LogP contribution in [0.2, 0.25) is 0 Å². The molecule has 1 aliphatic rings. The molecule has 4 nitrogen and oxygen atoms in total. The van der Waals surface area contributed by atoms with E-state index in [2.05, 4.69) is 28.8 Å². The van der Waals surface area contributed by atoms with Gasteiger partial charge in [-0.3, -0.25) is 9.59 Å². The Balaban J connectivity index is 1.47. The fourth-order valence-corrected chi connectivity index (χ4v) is 3.19. The third-order valence-electron chi connectivity index (χ3n) is 4.67. The van der Waals surface area contributed by atoms with Crippen LogP contribution in [0.1, 0.15) is 45.9 Å². The molecule has 0 saturated heterocycles. The molecule has 0 bridgehead atoms. The fourth-order valence-electron chi connectivity index (χ4n) is 3.19. The minimum Gasteiger partial charge on any atom is -0.354 e. The maximum atomic E-state index is 12.1. The second kappa shape index (κ2) is 8.08. The molecule has 3 rings (SSSR count). The molecule has 0 aromatic heterocycles. The number of nitrogens with one attached hydrogen (secondary N) is 2. The van der Waals surface area contributed by atoms with Crippen LogP contribution >= 0.6 is 0 Å². The molecule has 2 aromatic rings. The average Bonchev–Trinajstić information content (AvgIpc) is 2.65. The van der Waals surface area contributed by atoms with E-state index in [0.29, 0.717) is 12.1 Å². The molecule has 2 N–H and O–H groups in total. The second-order valence-corrected chi connectivity index (χ2v) is 6.55. The van der Waals surface area contributed by atoms with Crippen LogP contribution in [-0.4, -0.2) is 24.8 Å². The Morgan fingerprint density at radius 2 is 1.84 bits per heavy atom. The molecule has 1 unspecified atom stereocenters. The molecular formula is C21H24N2O2. The number of aryl methyl sites for hydroxylation is 1. The number of fused-ring (bicyclic) bond motifs is 1. The molecule has 130 valence electrons. The predicted octanol–water partition coefficient (Wildman–Crippen LogP) is 2.96. The van der Waals surface area contributed by atoms with Crippen LogP contribution in [0.25, 0.3) is 0 Å². The fraction of sp³-hybridized carbons (Fsp3) is 0.333. The van der Waals surface area contributed by atoms with Crippen molar-refractivity contribution in [1.82, 2.24) is 10.6 Å². The number of ketones is 1. The molecule has 4 heteroatoms. The van der Waals surface area contributed by atoms with Gasteiger partial charge in [0.2, 0.25) is 5.91 Å². The molecule has 1 aliphatic heterocycles. The number of Topliss-reactive ketones (excluding diaryl/α,β-unsaturated/α-hetero) is 1. The van der Waals surface area contributed by atoms with Gasteiger partial charge in [-0.2, -0.15) is 0 Å². The first-order valence-electron chi connectivity index (χ1n) is 8.81. The van der Waals surface area contributed by atoms with Crippen molar-refractivity contribution in [2.24, 2.45) is 0 Å². The van der Waals surface area contributed by atoms with Gasteiger partial charge < -0.3 is 10.6 Å². The number of benzene rings is 2. The molecule has 0 aliphatic carbocycles. The predicted molar refractivity (Wildman–Crippen MR) is 98.6 cm³/mol. The summed E-state index contributed by atoms with van der Waals surface area (Å²) in [6.07, 6.45) is 1.48. The first-order valence-corrected chi connectivity index (χ1v) is 8.81. The van der Waals surface area contributed by atoms with E-state index in [9.17, 15) is 9.59 Å². The Hall–Kier alpha value is -2.46. The maximum absolute atomic E-state index is 12.1. The van der Waals surface area contributed by atoms with Crippen molar-refractivity contribution in [3.8, 4) is 0 Å². The van der Waals surface area contributed by atoms with Crippen molar-refractivity contribution in [2.75, 3.05) is 13.1 Å². The van der Waals surface area contributed by atoms with Gasteiger partial charge in [-0.25, -0.2) is 0 Å². The van der Waals surface area contributed by atoms with E-state index in [1.807, 2.05) is 37.3 Å². The summed E-state index contributed by atoms with van der Waals surface area (Å²) >= 11 is 0. The third-order valence-corrected chi connectivity index (χ3v) is 4.67. The van der Waals surface area contributed by atoms with Crippen molar-refractivity contribution < 1.29 is 9.59 Å². The summed E-state index contributed by atoms with van der Waals surface area (Å²) in [6.45, 7) is 3.46. The van der Waals surface area contributed by atoms with Crippen molar-refractivity contribution in [1.29, 1.82) is 0 Å². The summed E-state index contributed by atoms with van der Waals surface area (Å²) < 4.78 is 0. The highest BCUT2D eigenvalue weighted by molar-refractivity contribution is 5.97. The number of carbonyl (C=O) groups is 2. The first-order chi connectivity index (χ1) is 12.1. The van der Waals surface area contributed by atoms with Crippen LogP contribution in [-0.2, 0) is 11.2 Å². The van der Waals surface area contributed by atoms with Crippen LogP contribution in [0.3, 0.4) is 0 Å². The lowest BCUT2D eigenvalue weighted by atomic mass is 9.94. The maximum Gasteiger partial charge on any atom is 0.220 e. The van der Waals surface area contributed by atoms with Crippen molar-refractivity contribution in [2.45, 2.75) is 32.2 Å². The molecule has 0 spiro atoms. The lowest BCUT2D eigenvalue weighted by molar-refractivity contribution is -0.121. The van der Waals surface area contributed by atoms with Gasteiger partial charge in [-0.05, 0) is 31.0 Å². The standard InChI is InChI=1S/C21H24N2O2/c1-15-6-8-17(9-7-15)20(24)10-11-21(25)23-14-19-18-5-3-2-4-16(18)12-13-22-19/h2-9,19,22H,10-14H2,1H3,(H,23,25). The molecular weight excluding hydrogens is 312 g/mol. The highest BCUT2D eigenvalue weighted by atomic mass is 16.2. The Bertz CT molecular complexity index is 753. The van der Waals surface area contributed by atoms with Gasteiger partial charge in [0.25, 0.3) is 0 Å². The van der Waals surface area contributed by atoms with Crippen molar-refractivity contribution in [3.63, 3.8) is 0 Å². The summed E-state index contributed by atoms with van der Waals surface area (Å²) in [7, 11) is 0. The van der Waals surface area contributed by atoms with Gasteiger partial charge >= 0.3 is 0 Å². The third kappa shape index (κ3) is 4.54.